The zero-order chi connectivity index (χ0) is 10.1. The van der Waals surface area contributed by atoms with Gasteiger partial charge in [0.25, 0.3) is 5.78 Å². The third-order valence-corrected chi connectivity index (χ3v) is 2.05. The molecule has 2 nitrogen and oxygen atoms in total. The smallest absolute Gasteiger partial charge is 0.391 e. The predicted molar refractivity (Wildman–Crippen MR) is 41.0 cm³/mol. The van der Waals surface area contributed by atoms with Gasteiger partial charge in [0.05, 0.1) is 0 Å². The van der Waals surface area contributed by atoms with E-state index < -0.39 is 12.0 Å². The molecule has 13 heavy (non-hydrogen) atoms. The van der Waals surface area contributed by atoms with Crippen LogP contribution >= 0.6 is 0 Å². The van der Waals surface area contributed by atoms with Crippen molar-refractivity contribution in [3.63, 3.8) is 0 Å². The Morgan fingerprint density at radius 2 is 2.00 bits per heavy atom. The molecule has 0 aliphatic heterocycles. The van der Waals surface area contributed by atoms with Crippen LogP contribution in [0.25, 0.3) is 0 Å². The van der Waals surface area contributed by atoms with Crippen LogP contribution in [0.15, 0.2) is 11.3 Å². The fourth-order valence-corrected chi connectivity index (χ4v) is 1.44. The lowest BCUT2D eigenvalue weighted by atomic mass is 10.1. The van der Waals surface area contributed by atoms with Crippen LogP contribution in [0, 0.1) is 0 Å². The van der Waals surface area contributed by atoms with Gasteiger partial charge in [-0.3, -0.25) is 4.79 Å². The molecule has 1 rings (SSSR count). The predicted octanol–water partition coefficient (Wildman–Crippen LogP) is 1.78. The first-order chi connectivity index (χ1) is 5.96. The van der Waals surface area contributed by atoms with Gasteiger partial charge in [0.1, 0.15) is 0 Å². The molecule has 1 aliphatic rings. The van der Waals surface area contributed by atoms with Gasteiger partial charge in [-0.05, 0) is 19.3 Å². The number of carbonyl (C=O) groups excluding carboxylic acids is 1. The van der Waals surface area contributed by atoms with Crippen molar-refractivity contribution in [2.75, 3.05) is 7.05 Å². The Balaban J connectivity index is 2.88. The van der Waals surface area contributed by atoms with Gasteiger partial charge in [-0.2, -0.15) is 13.2 Å². The van der Waals surface area contributed by atoms with E-state index in [0.717, 1.165) is 0 Å². The number of carbonyl (C=O) groups is 1. The first kappa shape index (κ1) is 10.1. The average Bonchev–Trinajstić information content (AvgIpc) is 2.48. The van der Waals surface area contributed by atoms with Gasteiger partial charge in [0.2, 0.25) is 0 Å². The third-order valence-electron chi connectivity index (χ3n) is 2.05. The van der Waals surface area contributed by atoms with E-state index in [1.54, 1.807) is 0 Å². The molecule has 0 saturated carbocycles. The molecule has 5 heteroatoms. The maximum atomic E-state index is 12.0. The zero-order valence-corrected chi connectivity index (χ0v) is 7.16. The third kappa shape index (κ3) is 2.02. The molecule has 0 saturated heterocycles. The Hall–Kier alpha value is -1.00. The van der Waals surface area contributed by atoms with Gasteiger partial charge in [-0.25, -0.2) is 0 Å². The molecule has 0 bridgehead atoms. The summed E-state index contributed by atoms with van der Waals surface area (Å²) in [5, 5.41) is 2.63. The standard InChI is InChI=1S/C8H10F3NO/c1-12-6-4-2-3-5(6)7(13)8(9,10)11/h12H,2-4H2,1H3. The number of ketones is 1. The fourth-order valence-electron chi connectivity index (χ4n) is 1.44. The van der Waals surface area contributed by atoms with Crippen molar-refractivity contribution >= 4 is 5.78 Å². The molecule has 0 amide bonds. The molecule has 0 aromatic heterocycles. The van der Waals surface area contributed by atoms with Crippen LogP contribution in [0.2, 0.25) is 0 Å². The van der Waals surface area contributed by atoms with E-state index in [2.05, 4.69) is 5.32 Å². The number of allylic oxidation sites excluding steroid dienone is 2. The highest BCUT2D eigenvalue weighted by molar-refractivity contribution is 6.00. The highest BCUT2D eigenvalue weighted by atomic mass is 19.4. The van der Waals surface area contributed by atoms with Gasteiger partial charge in [-0.1, -0.05) is 0 Å². The Morgan fingerprint density at radius 3 is 2.46 bits per heavy atom. The van der Waals surface area contributed by atoms with E-state index in [1.807, 2.05) is 0 Å². The molecule has 0 aromatic carbocycles. The van der Waals surface area contributed by atoms with Crippen LogP contribution < -0.4 is 5.32 Å². The first-order valence-electron chi connectivity index (χ1n) is 3.98. The van der Waals surface area contributed by atoms with Crippen LogP contribution in [0.3, 0.4) is 0 Å². The number of rotatable bonds is 2. The van der Waals surface area contributed by atoms with Crippen LogP contribution in [0.1, 0.15) is 19.3 Å². The van der Waals surface area contributed by atoms with Crippen LogP contribution in [-0.2, 0) is 4.79 Å². The Morgan fingerprint density at radius 1 is 1.38 bits per heavy atom. The quantitative estimate of drug-likeness (QED) is 0.724. The van der Waals surface area contributed by atoms with Gasteiger partial charge < -0.3 is 5.32 Å². The van der Waals surface area contributed by atoms with Crippen molar-refractivity contribution in [2.45, 2.75) is 25.4 Å². The summed E-state index contributed by atoms with van der Waals surface area (Å²) in [6.07, 6.45) is -3.35. The first-order valence-corrected chi connectivity index (χ1v) is 3.98. The minimum Gasteiger partial charge on any atom is -0.391 e. The molecule has 0 radical (unpaired) electrons. The van der Waals surface area contributed by atoms with Crippen LogP contribution in [-0.4, -0.2) is 19.0 Å². The molecule has 0 aromatic rings. The molecule has 0 heterocycles. The summed E-state index contributed by atoms with van der Waals surface area (Å²) in [7, 11) is 1.53. The minimum absolute atomic E-state index is 0.102. The second-order valence-corrected chi connectivity index (χ2v) is 2.89. The van der Waals surface area contributed by atoms with E-state index in [1.165, 1.54) is 7.05 Å². The highest BCUT2D eigenvalue weighted by Gasteiger charge is 2.42. The zero-order valence-electron chi connectivity index (χ0n) is 7.16. The summed E-state index contributed by atoms with van der Waals surface area (Å²) in [5.41, 5.74) is 0.331. The summed E-state index contributed by atoms with van der Waals surface area (Å²) < 4.78 is 36.0. The number of hydrogen-bond acceptors (Lipinski definition) is 2. The molecule has 0 unspecified atom stereocenters. The number of alkyl halides is 3. The van der Waals surface area contributed by atoms with Crippen molar-refractivity contribution in [1.82, 2.24) is 5.32 Å². The normalized spacial score (nSPS) is 17.8. The molecule has 0 fully saturated rings. The second-order valence-electron chi connectivity index (χ2n) is 2.89. The summed E-state index contributed by atoms with van der Waals surface area (Å²) in [6.45, 7) is 0. The second kappa shape index (κ2) is 3.40. The average molecular weight is 193 g/mol. The van der Waals surface area contributed by atoms with Crippen molar-refractivity contribution in [3.8, 4) is 0 Å². The topological polar surface area (TPSA) is 29.1 Å². The van der Waals surface area contributed by atoms with Crippen molar-refractivity contribution in [2.24, 2.45) is 0 Å². The van der Waals surface area contributed by atoms with Gasteiger partial charge in [0, 0.05) is 18.3 Å². The Kier molecular flexibility index (Phi) is 2.63. The Bertz CT molecular complexity index is 255. The minimum atomic E-state index is -4.73. The van der Waals surface area contributed by atoms with E-state index in [-0.39, 0.29) is 12.0 Å². The summed E-state index contributed by atoms with van der Waals surface area (Å²) in [5.74, 6) is -1.70. The number of hydrogen-bond donors (Lipinski definition) is 1. The maximum Gasteiger partial charge on any atom is 0.454 e. The van der Waals surface area contributed by atoms with Gasteiger partial charge in [0.15, 0.2) is 0 Å². The molecule has 1 N–H and O–H groups in total. The monoisotopic (exact) mass is 193 g/mol. The van der Waals surface area contributed by atoms with Crippen molar-refractivity contribution < 1.29 is 18.0 Å². The van der Waals surface area contributed by atoms with Crippen molar-refractivity contribution in [1.29, 1.82) is 0 Å². The lowest BCUT2D eigenvalue weighted by Crippen LogP contribution is -2.25. The van der Waals surface area contributed by atoms with Crippen molar-refractivity contribution in [3.05, 3.63) is 11.3 Å². The number of halogens is 3. The lowest BCUT2D eigenvalue weighted by Gasteiger charge is -2.08. The highest BCUT2D eigenvalue weighted by Crippen LogP contribution is 2.30. The molecule has 0 spiro atoms. The largest absolute Gasteiger partial charge is 0.454 e. The van der Waals surface area contributed by atoms with Gasteiger partial charge in [-0.15, -0.1) is 0 Å². The summed E-state index contributed by atoms with van der Waals surface area (Å²) in [4.78, 5) is 10.8. The van der Waals surface area contributed by atoms with E-state index in [0.29, 0.717) is 18.5 Å². The van der Waals surface area contributed by atoms with Gasteiger partial charge >= 0.3 is 6.18 Å². The lowest BCUT2D eigenvalue weighted by molar-refractivity contribution is -0.166. The summed E-state index contributed by atoms with van der Waals surface area (Å²) >= 11 is 0. The van der Waals surface area contributed by atoms with E-state index in [4.69, 9.17) is 0 Å². The van der Waals surface area contributed by atoms with Crippen LogP contribution in [0.5, 0.6) is 0 Å². The Labute approximate surface area is 73.8 Å². The fraction of sp³-hybridized carbons (Fsp3) is 0.625. The molecule has 74 valence electrons. The summed E-state index contributed by atoms with van der Waals surface area (Å²) in [6, 6.07) is 0. The molecular weight excluding hydrogens is 183 g/mol. The SMILES string of the molecule is CNC1=C(C(=O)C(F)(F)F)CCC1. The van der Waals surface area contributed by atoms with Crippen LogP contribution in [0.4, 0.5) is 13.2 Å². The molecular formula is C8H10F3NO. The van der Waals surface area contributed by atoms with E-state index in [9.17, 15) is 18.0 Å². The maximum absolute atomic E-state index is 12.0. The number of Topliss-reactive ketones (excluding diaryl/α,β-unsaturated/α-hetero) is 1. The van der Waals surface area contributed by atoms with E-state index >= 15 is 0 Å². The molecule has 1 aliphatic carbocycles. The molecule has 0 atom stereocenters. The number of nitrogens with one attached hydrogen (secondary N) is 1.